The maximum Gasteiger partial charge on any atom is 0.288 e. The predicted molar refractivity (Wildman–Crippen MR) is 55.4 cm³/mol. The number of hydrogen-bond donors (Lipinski definition) is 0. The quantitative estimate of drug-likeness (QED) is 0.633. The molecule has 0 aliphatic rings. The molecule has 1 aromatic carbocycles. The summed E-state index contributed by atoms with van der Waals surface area (Å²) in [5, 5.41) is 0. The second-order valence-corrected chi connectivity index (χ2v) is 5.04. The van der Waals surface area contributed by atoms with Crippen molar-refractivity contribution < 1.29 is 0 Å². The first kappa shape index (κ1) is 7.95. The van der Waals surface area contributed by atoms with E-state index in [2.05, 4.69) is 12.1 Å². The number of fused-ring (bicyclic) bond motifs is 1. The van der Waals surface area contributed by atoms with E-state index in [-0.39, 0.29) is 4.06 Å². The van der Waals surface area contributed by atoms with Crippen LogP contribution in [-0.2, 0) is 0 Å². The molecule has 0 bridgehead atoms. The van der Waals surface area contributed by atoms with Crippen LogP contribution in [0.4, 0.5) is 0 Å². The molecule has 2 aromatic rings. The second-order valence-electron chi connectivity index (χ2n) is 2.81. The zero-order chi connectivity index (χ0) is 8.72. The van der Waals surface area contributed by atoms with Crippen molar-refractivity contribution in [2.75, 3.05) is 0 Å². The summed E-state index contributed by atoms with van der Waals surface area (Å²) in [6, 6.07) is 4.14. The van der Waals surface area contributed by atoms with Crippen molar-refractivity contribution in [1.82, 2.24) is 0 Å². The highest BCUT2D eigenvalue weighted by atomic mass is 32.2. The Morgan fingerprint density at radius 1 is 1.00 bits per heavy atom. The van der Waals surface area contributed by atoms with E-state index in [0.29, 0.717) is 0 Å². The smallest absolute Gasteiger partial charge is 0.265 e. The summed E-state index contributed by atoms with van der Waals surface area (Å²) >= 11 is 2.71. The van der Waals surface area contributed by atoms with Gasteiger partial charge >= 0.3 is 0 Å². The molecular formula is C9H8OS2. The Morgan fingerprint density at radius 3 is 1.83 bits per heavy atom. The summed E-state index contributed by atoms with van der Waals surface area (Å²) in [6.45, 7) is 4.09. The van der Waals surface area contributed by atoms with Crippen LogP contribution >= 0.6 is 22.7 Å². The van der Waals surface area contributed by atoms with Crippen LogP contribution < -0.4 is 4.06 Å². The van der Waals surface area contributed by atoms with Gasteiger partial charge in [0.1, 0.15) is 0 Å². The monoisotopic (exact) mass is 196 g/mol. The number of rotatable bonds is 0. The molecule has 12 heavy (non-hydrogen) atoms. The average molecular weight is 196 g/mol. The van der Waals surface area contributed by atoms with Gasteiger partial charge in [0.2, 0.25) is 0 Å². The molecule has 0 saturated heterocycles. The fourth-order valence-corrected chi connectivity index (χ4v) is 3.42. The van der Waals surface area contributed by atoms with E-state index in [1.807, 2.05) is 13.8 Å². The van der Waals surface area contributed by atoms with Gasteiger partial charge in [0.15, 0.2) is 0 Å². The van der Waals surface area contributed by atoms with E-state index < -0.39 is 0 Å². The molecule has 0 atom stereocenters. The molecule has 1 heterocycles. The van der Waals surface area contributed by atoms with Crippen molar-refractivity contribution in [3.8, 4) is 0 Å². The van der Waals surface area contributed by atoms with Crippen LogP contribution in [-0.4, -0.2) is 0 Å². The SMILES string of the molecule is Cc1ccc(C)c2sc(=O)sc12. The van der Waals surface area contributed by atoms with Gasteiger partial charge in [-0.05, 0) is 25.0 Å². The highest BCUT2D eigenvalue weighted by Crippen LogP contribution is 2.27. The molecule has 0 N–H and O–H groups in total. The number of aryl methyl sites for hydroxylation is 2. The lowest BCUT2D eigenvalue weighted by molar-refractivity contribution is 1.49. The lowest BCUT2D eigenvalue weighted by Gasteiger charge is -1.96. The summed E-state index contributed by atoms with van der Waals surface area (Å²) < 4.78 is 2.51. The van der Waals surface area contributed by atoms with Crippen LogP contribution in [0.15, 0.2) is 16.9 Å². The lowest BCUT2D eigenvalue weighted by atomic mass is 10.2. The number of hydrogen-bond acceptors (Lipinski definition) is 3. The molecule has 3 heteroatoms. The Kier molecular flexibility index (Phi) is 1.77. The van der Waals surface area contributed by atoms with E-state index in [1.165, 1.54) is 33.8 Å². The maximum absolute atomic E-state index is 11.1. The fraction of sp³-hybridized carbons (Fsp3) is 0.222. The largest absolute Gasteiger partial charge is 0.288 e. The van der Waals surface area contributed by atoms with Gasteiger partial charge in [-0.25, -0.2) is 0 Å². The van der Waals surface area contributed by atoms with E-state index in [4.69, 9.17) is 0 Å². The molecule has 0 saturated carbocycles. The molecule has 0 aliphatic carbocycles. The molecule has 0 unspecified atom stereocenters. The molecule has 0 fully saturated rings. The van der Waals surface area contributed by atoms with Crippen molar-refractivity contribution >= 4 is 32.1 Å². The van der Waals surface area contributed by atoms with Gasteiger partial charge in [-0.1, -0.05) is 34.8 Å². The van der Waals surface area contributed by atoms with Gasteiger partial charge in [0, 0.05) is 0 Å². The highest BCUT2D eigenvalue weighted by molar-refractivity contribution is 7.35. The molecule has 62 valence electrons. The molecule has 1 aromatic heterocycles. The molecule has 1 nitrogen and oxygen atoms in total. The molecule has 0 amide bonds. The van der Waals surface area contributed by atoms with Crippen molar-refractivity contribution in [2.24, 2.45) is 0 Å². The maximum atomic E-state index is 11.1. The first-order valence-electron chi connectivity index (χ1n) is 3.68. The standard InChI is InChI=1S/C9H8OS2/c1-5-3-4-6(2)8-7(5)11-9(10)12-8/h3-4H,1-2H3. The lowest BCUT2D eigenvalue weighted by Crippen LogP contribution is -1.74. The van der Waals surface area contributed by atoms with Crippen LogP contribution in [0.25, 0.3) is 9.40 Å². The normalized spacial score (nSPS) is 10.8. The summed E-state index contributed by atoms with van der Waals surface area (Å²) in [5.74, 6) is 0. The second kappa shape index (κ2) is 2.68. The minimum atomic E-state index is 0.197. The molecule has 0 aliphatic heterocycles. The van der Waals surface area contributed by atoms with Gasteiger partial charge in [-0.15, -0.1) is 0 Å². The molecular weight excluding hydrogens is 188 g/mol. The van der Waals surface area contributed by atoms with Gasteiger partial charge in [-0.2, -0.15) is 0 Å². The van der Waals surface area contributed by atoms with Crippen molar-refractivity contribution in [3.05, 3.63) is 32.1 Å². The first-order valence-corrected chi connectivity index (χ1v) is 5.31. The Labute approximate surface area is 78.3 Å². The molecule has 0 radical (unpaired) electrons. The van der Waals surface area contributed by atoms with Gasteiger partial charge in [-0.3, -0.25) is 4.79 Å². The Bertz CT molecular complexity index is 437. The van der Waals surface area contributed by atoms with Crippen LogP contribution in [0.3, 0.4) is 0 Å². The summed E-state index contributed by atoms with van der Waals surface area (Å²) in [6.07, 6.45) is 0. The van der Waals surface area contributed by atoms with Crippen molar-refractivity contribution in [2.45, 2.75) is 13.8 Å². The van der Waals surface area contributed by atoms with Gasteiger partial charge in [0.25, 0.3) is 4.06 Å². The Hall–Kier alpha value is -0.670. The van der Waals surface area contributed by atoms with Crippen molar-refractivity contribution in [1.29, 1.82) is 0 Å². The topological polar surface area (TPSA) is 17.1 Å². The third-order valence-electron chi connectivity index (χ3n) is 1.88. The minimum absolute atomic E-state index is 0.197. The van der Waals surface area contributed by atoms with Gasteiger partial charge < -0.3 is 0 Å². The average Bonchev–Trinajstić information content (AvgIpc) is 2.41. The van der Waals surface area contributed by atoms with E-state index in [0.717, 1.165) is 9.40 Å². The zero-order valence-corrected chi connectivity index (χ0v) is 8.51. The Morgan fingerprint density at radius 2 is 1.42 bits per heavy atom. The van der Waals surface area contributed by atoms with Crippen LogP contribution in [0, 0.1) is 13.8 Å². The predicted octanol–water partition coefficient (Wildman–Crippen LogP) is 2.94. The Balaban J connectivity index is 3.03. The zero-order valence-electron chi connectivity index (χ0n) is 6.88. The van der Waals surface area contributed by atoms with Crippen molar-refractivity contribution in [3.63, 3.8) is 0 Å². The van der Waals surface area contributed by atoms with E-state index >= 15 is 0 Å². The van der Waals surface area contributed by atoms with Crippen LogP contribution in [0.5, 0.6) is 0 Å². The first-order chi connectivity index (χ1) is 5.68. The van der Waals surface area contributed by atoms with Crippen LogP contribution in [0.2, 0.25) is 0 Å². The number of benzene rings is 1. The third-order valence-corrected chi connectivity index (χ3v) is 4.30. The minimum Gasteiger partial charge on any atom is -0.265 e. The third kappa shape index (κ3) is 1.09. The molecule has 2 rings (SSSR count). The van der Waals surface area contributed by atoms with Crippen LogP contribution in [0.1, 0.15) is 11.1 Å². The summed E-state index contributed by atoms with van der Waals surface area (Å²) in [4.78, 5) is 11.1. The summed E-state index contributed by atoms with van der Waals surface area (Å²) in [5.41, 5.74) is 2.41. The van der Waals surface area contributed by atoms with Gasteiger partial charge in [0.05, 0.1) is 9.40 Å². The summed E-state index contributed by atoms with van der Waals surface area (Å²) in [7, 11) is 0. The highest BCUT2D eigenvalue weighted by Gasteiger charge is 2.04. The van der Waals surface area contributed by atoms with E-state index in [9.17, 15) is 4.79 Å². The fourth-order valence-electron chi connectivity index (χ4n) is 1.20. The molecule has 0 spiro atoms. The van der Waals surface area contributed by atoms with E-state index in [1.54, 1.807) is 0 Å².